The Hall–Kier alpha value is -0.995. The molecule has 0 bridgehead atoms. The molecule has 0 heterocycles. The van der Waals surface area contributed by atoms with Crippen molar-refractivity contribution < 1.29 is 14.2 Å². The van der Waals surface area contributed by atoms with Crippen LogP contribution in [-0.2, 0) is 9.45 Å². The molecular weight excluding hydrogens is 121 g/mol. The maximum absolute atomic E-state index is 10.3. The summed E-state index contributed by atoms with van der Waals surface area (Å²) in [5.41, 5.74) is 0. The van der Waals surface area contributed by atoms with Gasteiger partial charge >= 0.3 is 14.1 Å². The molecule has 0 aliphatic carbocycles. The standard InChI is InChI=1S/C4H6BNO3/c1-3(7)6(2)4(8)9-5/h1-2H3. The van der Waals surface area contributed by atoms with Gasteiger partial charge in [0, 0.05) is 14.0 Å². The summed E-state index contributed by atoms with van der Waals surface area (Å²) in [6, 6.07) is 0. The van der Waals surface area contributed by atoms with Crippen LogP contribution in [0.3, 0.4) is 0 Å². The van der Waals surface area contributed by atoms with E-state index in [0.717, 1.165) is 4.90 Å². The molecule has 4 nitrogen and oxygen atoms in total. The molecule has 0 rings (SSSR count). The summed E-state index contributed by atoms with van der Waals surface area (Å²) in [6.07, 6.45) is -0.859. The summed E-state index contributed by atoms with van der Waals surface area (Å²) in [7, 11) is 5.74. The fourth-order valence-corrected chi connectivity index (χ4v) is 0.208. The highest BCUT2D eigenvalue weighted by molar-refractivity contribution is 6.07. The van der Waals surface area contributed by atoms with Gasteiger partial charge in [-0.15, -0.1) is 0 Å². The predicted octanol–water partition coefficient (Wildman–Crippen LogP) is -0.315. The van der Waals surface area contributed by atoms with Crippen LogP contribution in [0.2, 0.25) is 0 Å². The highest BCUT2D eigenvalue weighted by atomic mass is 16.5. The van der Waals surface area contributed by atoms with Crippen LogP contribution in [0.5, 0.6) is 0 Å². The van der Waals surface area contributed by atoms with Gasteiger partial charge in [-0.2, -0.15) is 0 Å². The van der Waals surface area contributed by atoms with Crippen molar-refractivity contribution in [2.75, 3.05) is 7.05 Å². The summed E-state index contributed by atoms with van der Waals surface area (Å²) in [6.45, 7) is 1.23. The average molecular weight is 127 g/mol. The molecule has 2 radical (unpaired) electrons. The minimum Gasteiger partial charge on any atom is -0.527 e. The van der Waals surface area contributed by atoms with Gasteiger partial charge in [-0.3, -0.25) is 9.69 Å². The van der Waals surface area contributed by atoms with Crippen molar-refractivity contribution in [1.29, 1.82) is 0 Å². The molecule has 0 aromatic rings. The molecular formula is C4H6BNO3. The highest BCUT2D eigenvalue weighted by Crippen LogP contribution is 1.86. The summed E-state index contributed by atoms with van der Waals surface area (Å²) in [4.78, 5) is 21.4. The Labute approximate surface area is 54.2 Å². The van der Waals surface area contributed by atoms with E-state index in [4.69, 9.17) is 0 Å². The molecule has 0 unspecified atom stereocenters. The largest absolute Gasteiger partial charge is 0.527 e. The molecule has 0 fully saturated rings. The Kier molecular flexibility index (Phi) is 2.77. The van der Waals surface area contributed by atoms with Crippen molar-refractivity contribution in [3.05, 3.63) is 0 Å². The highest BCUT2D eigenvalue weighted by Gasteiger charge is 2.10. The van der Waals surface area contributed by atoms with Gasteiger partial charge in [-0.05, 0) is 0 Å². The Bertz CT molecular complexity index is 136. The van der Waals surface area contributed by atoms with Gasteiger partial charge in [0.25, 0.3) is 0 Å². The topological polar surface area (TPSA) is 46.6 Å². The number of hydrogen-bond acceptors (Lipinski definition) is 3. The normalized spacial score (nSPS) is 8.22. The maximum Gasteiger partial charge on any atom is 0.397 e. The first-order valence-electron chi connectivity index (χ1n) is 2.24. The molecule has 2 amide bonds. The number of amides is 2. The van der Waals surface area contributed by atoms with Crippen LogP contribution in [0.4, 0.5) is 4.79 Å². The molecule has 0 saturated heterocycles. The first-order chi connectivity index (χ1) is 4.09. The van der Waals surface area contributed by atoms with Gasteiger partial charge in [0.2, 0.25) is 5.91 Å². The van der Waals surface area contributed by atoms with E-state index in [2.05, 4.69) is 12.7 Å². The molecule has 0 aliphatic heterocycles. The van der Waals surface area contributed by atoms with E-state index in [1.807, 2.05) is 0 Å². The minimum atomic E-state index is -0.859. The Morgan fingerprint density at radius 2 is 2.00 bits per heavy atom. The smallest absolute Gasteiger partial charge is 0.397 e. The maximum atomic E-state index is 10.3. The second kappa shape index (κ2) is 3.12. The number of carbonyl (C=O) groups is 2. The second-order valence-electron chi connectivity index (χ2n) is 1.46. The van der Waals surface area contributed by atoms with Crippen molar-refractivity contribution in [3.63, 3.8) is 0 Å². The fraction of sp³-hybridized carbons (Fsp3) is 0.500. The molecule has 0 aromatic carbocycles. The van der Waals surface area contributed by atoms with Crippen molar-refractivity contribution in [2.45, 2.75) is 6.92 Å². The van der Waals surface area contributed by atoms with Crippen LogP contribution in [0.1, 0.15) is 6.92 Å². The summed E-state index contributed by atoms with van der Waals surface area (Å²) < 4.78 is 3.74. The van der Waals surface area contributed by atoms with E-state index in [1.54, 1.807) is 0 Å². The first kappa shape index (κ1) is 8.00. The third-order valence-electron chi connectivity index (χ3n) is 0.847. The fourth-order valence-electron chi connectivity index (χ4n) is 0.208. The van der Waals surface area contributed by atoms with E-state index in [0.29, 0.717) is 0 Å². The SMILES string of the molecule is [B]OC(=O)N(C)C(C)=O. The Morgan fingerprint density at radius 3 is 2.11 bits per heavy atom. The minimum absolute atomic E-state index is 0.412. The van der Waals surface area contributed by atoms with Gasteiger partial charge in [0.15, 0.2) is 0 Å². The van der Waals surface area contributed by atoms with Crippen LogP contribution < -0.4 is 0 Å². The molecule has 0 N–H and O–H groups in total. The van der Waals surface area contributed by atoms with Crippen LogP contribution in [0, 0.1) is 0 Å². The lowest BCUT2D eigenvalue weighted by atomic mass is 10.6. The van der Waals surface area contributed by atoms with Crippen LogP contribution >= 0.6 is 0 Å². The van der Waals surface area contributed by atoms with E-state index in [9.17, 15) is 9.59 Å². The van der Waals surface area contributed by atoms with Gasteiger partial charge in [0.05, 0.1) is 0 Å². The molecule has 0 atom stereocenters. The molecule has 9 heavy (non-hydrogen) atoms. The molecule has 0 spiro atoms. The lowest BCUT2D eigenvalue weighted by Crippen LogP contribution is -2.30. The molecule has 0 aromatic heterocycles. The van der Waals surface area contributed by atoms with E-state index < -0.39 is 12.0 Å². The Balaban J connectivity index is 3.88. The molecule has 5 heteroatoms. The molecule has 0 saturated carbocycles. The number of imide groups is 1. The first-order valence-corrected chi connectivity index (χ1v) is 2.24. The third kappa shape index (κ3) is 2.16. The number of rotatable bonds is 0. The molecule has 0 aliphatic rings. The van der Waals surface area contributed by atoms with Crippen LogP contribution in [-0.4, -0.2) is 32.0 Å². The average Bonchev–Trinajstić information content (AvgIpc) is 1.84. The number of nitrogens with zero attached hydrogens (tertiary/aromatic N) is 1. The number of carbonyl (C=O) groups excluding carboxylic acids is 2. The lowest BCUT2D eigenvalue weighted by Gasteiger charge is -2.09. The zero-order valence-corrected chi connectivity index (χ0v) is 5.25. The van der Waals surface area contributed by atoms with Crippen LogP contribution in [0.25, 0.3) is 0 Å². The van der Waals surface area contributed by atoms with E-state index in [-0.39, 0.29) is 0 Å². The van der Waals surface area contributed by atoms with Crippen molar-refractivity contribution in [1.82, 2.24) is 4.90 Å². The van der Waals surface area contributed by atoms with Crippen LogP contribution in [0.15, 0.2) is 0 Å². The third-order valence-corrected chi connectivity index (χ3v) is 0.847. The summed E-state index contributed by atoms with van der Waals surface area (Å²) in [5.74, 6) is -0.412. The number of hydrogen-bond donors (Lipinski definition) is 0. The molecule has 48 valence electrons. The summed E-state index contributed by atoms with van der Waals surface area (Å²) in [5, 5.41) is 0. The van der Waals surface area contributed by atoms with Crippen molar-refractivity contribution in [2.24, 2.45) is 0 Å². The van der Waals surface area contributed by atoms with Crippen molar-refractivity contribution >= 4 is 20.0 Å². The second-order valence-corrected chi connectivity index (χ2v) is 1.46. The Morgan fingerprint density at radius 1 is 1.56 bits per heavy atom. The van der Waals surface area contributed by atoms with E-state index >= 15 is 0 Å². The quantitative estimate of drug-likeness (QED) is 0.419. The zero-order valence-electron chi connectivity index (χ0n) is 5.25. The van der Waals surface area contributed by atoms with Gasteiger partial charge < -0.3 is 4.65 Å². The van der Waals surface area contributed by atoms with Gasteiger partial charge in [-0.1, -0.05) is 0 Å². The van der Waals surface area contributed by atoms with Gasteiger partial charge in [0.1, 0.15) is 0 Å². The van der Waals surface area contributed by atoms with Gasteiger partial charge in [-0.25, -0.2) is 4.79 Å². The lowest BCUT2D eigenvalue weighted by molar-refractivity contribution is -0.125. The monoisotopic (exact) mass is 127 g/mol. The summed E-state index contributed by atoms with van der Waals surface area (Å²) >= 11 is 0. The van der Waals surface area contributed by atoms with E-state index in [1.165, 1.54) is 14.0 Å². The van der Waals surface area contributed by atoms with Crippen molar-refractivity contribution in [3.8, 4) is 0 Å². The predicted molar refractivity (Wildman–Crippen MR) is 30.7 cm³/mol. The zero-order chi connectivity index (χ0) is 7.44.